The van der Waals surface area contributed by atoms with Crippen molar-refractivity contribution < 1.29 is 18.3 Å². The number of ether oxygens (including phenoxy) is 1. The van der Waals surface area contributed by atoms with Gasteiger partial charge in [-0.3, -0.25) is 9.48 Å². The molecule has 2 atom stereocenters. The Hall–Kier alpha value is -1.50. The molecule has 4 nitrogen and oxygen atoms in total. The second-order valence-corrected chi connectivity index (χ2v) is 6.67. The smallest absolute Gasteiger partial charge is 0.282 e. The van der Waals surface area contributed by atoms with Crippen molar-refractivity contribution in [2.24, 2.45) is 13.0 Å². The first-order valence-electron chi connectivity index (χ1n) is 7.57. The van der Waals surface area contributed by atoms with Crippen molar-refractivity contribution in [1.29, 1.82) is 0 Å². The van der Waals surface area contributed by atoms with Crippen molar-refractivity contribution in [2.75, 3.05) is 7.11 Å². The molecular formula is C17H18Cl2F2N2O2. The third-order valence-electron chi connectivity index (χ3n) is 3.91. The molecule has 0 aliphatic carbocycles. The standard InChI is InChI=1S/C17H18Cl2F2N2O2/c1-9(16(25-3)11-5-4-10(18)7-13(11)19)6-14(24)12-8-23(2)22-15(12)17(20)21/h4-5,7-9,16-17H,6H2,1-3H3. The van der Waals surface area contributed by atoms with Crippen LogP contribution in [-0.2, 0) is 11.8 Å². The molecule has 136 valence electrons. The zero-order valence-corrected chi connectivity index (χ0v) is 15.5. The maximum Gasteiger partial charge on any atom is 0.282 e. The summed E-state index contributed by atoms with van der Waals surface area (Å²) in [5.41, 5.74) is 0.119. The molecule has 0 aliphatic heterocycles. The minimum Gasteiger partial charge on any atom is -0.376 e. The van der Waals surface area contributed by atoms with E-state index in [9.17, 15) is 13.6 Å². The molecule has 0 bridgehead atoms. The number of rotatable bonds is 7. The maximum absolute atomic E-state index is 13.0. The highest BCUT2D eigenvalue weighted by atomic mass is 35.5. The number of aryl methyl sites for hydroxylation is 1. The number of ketones is 1. The summed E-state index contributed by atoms with van der Waals surface area (Å²) in [7, 11) is 3.00. The first kappa shape index (κ1) is 19.8. The minimum absolute atomic E-state index is 0.0167. The van der Waals surface area contributed by atoms with Gasteiger partial charge >= 0.3 is 0 Å². The average molecular weight is 391 g/mol. The SMILES string of the molecule is COC(c1ccc(Cl)cc1Cl)C(C)CC(=O)c1cn(C)nc1C(F)F. The van der Waals surface area contributed by atoms with Crippen LogP contribution in [0.5, 0.6) is 0 Å². The molecule has 25 heavy (non-hydrogen) atoms. The van der Waals surface area contributed by atoms with Gasteiger partial charge in [-0.05, 0) is 23.6 Å². The van der Waals surface area contributed by atoms with E-state index in [-0.39, 0.29) is 17.9 Å². The number of Topliss-reactive ketones (excluding diaryl/α,β-unsaturated/α-hetero) is 1. The molecule has 0 radical (unpaired) electrons. The molecule has 0 spiro atoms. The second kappa shape index (κ2) is 8.25. The van der Waals surface area contributed by atoms with Gasteiger partial charge in [-0.25, -0.2) is 8.78 Å². The van der Waals surface area contributed by atoms with E-state index >= 15 is 0 Å². The number of halogens is 4. The Kier molecular flexibility index (Phi) is 6.54. The topological polar surface area (TPSA) is 44.1 Å². The fourth-order valence-corrected chi connectivity index (χ4v) is 3.31. The molecule has 0 fully saturated rings. The monoisotopic (exact) mass is 390 g/mol. The summed E-state index contributed by atoms with van der Waals surface area (Å²) in [6, 6.07) is 5.00. The fraction of sp³-hybridized carbons (Fsp3) is 0.412. The van der Waals surface area contributed by atoms with E-state index in [1.54, 1.807) is 25.1 Å². The fourth-order valence-electron chi connectivity index (χ4n) is 2.79. The molecule has 2 unspecified atom stereocenters. The summed E-state index contributed by atoms with van der Waals surface area (Å²) in [6.45, 7) is 1.80. The zero-order chi connectivity index (χ0) is 18.7. The van der Waals surface area contributed by atoms with E-state index in [0.29, 0.717) is 15.6 Å². The molecule has 1 aromatic heterocycles. The molecule has 0 saturated carbocycles. The number of aromatic nitrogens is 2. The Morgan fingerprint density at radius 3 is 2.60 bits per heavy atom. The molecule has 1 aromatic carbocycles. The highest BCUT2D eigenvalue weighted by molar-refractivity contribution is 6.35. The number of hydrogen-bond donors (Lipinski definition) is 0. The van der Waals surface area contributed by atoms with Crippen LogP contribution in [0.3, 0.4) is 0 Å². The lowest BCUT2D eigenvalue weighted by Crippen LogP contribution is -2.17. The number of nitrogens with zero attached hydrogens (tertiary/aromatic N) is 2. The Morgan fingerprint density at radius 1 is 1.36 bits per heavy atom. The summed E-state index contributed by atoms with van der Waals surface area (Å²) in [5, 5.41) is 4.58. The third-order valence-corrected chi connectivity index (χ3v) is 4.47. The van der Waals surface area contributed by atoms with Crippen molar-refractivity contribution in [1.82, 2.24) is 9.78 Å². The summed E-state index contributed by atoms with van der Waals surface area (Å²) < 4.78 is 32.8. The number of hydrogen-bond acceptors (Lipinski definition) is 3. The molecule has 8 heteroatoms. The minimum atomic E-state index is -2.81. The van der Waals surface area contributed by atoms with Gasteiger partial charge in [-0.2, -0.15) is 5.10 Å². The van der Waals surface area contributed by atoms with Crippen LogP contribution < -0.4 is 0 Å². The molecule has 0 aliphatic rings. The van der Waals surface area contributed by atoms with Gasteiger partial charge < -0.3 is 4.74 Å². The van der Waals surface area contributed by atoms with Gasteiger partial charge in [0.1, 0.15) is 5.69 Å². The van der Waals surface area contributed by atoms with Gasteiger partial charge in [0.05, 0.1) is 11.7 Å². The third kappa shape index (κ3) is 4.57. The summed E-state index contributed by atoms with van der Waals surface area (Å²) >= 11 is 12.1. The predicted octanol–water partition coefficient (Wildman–Crippen LogP) is 5.26. The highest BCUT2D eigenvalue weighted by Gasteiger charge is 2.28. The lowest BCUT2D eigenvalue weighted by molar-refractivity contribution is 0.0511. The van der Waals surface area contributed by atoms with Crippen molar-refractivity contribution in [2.45, 2.75) is 25.9 Å². The molecular weight excluding hydrogens is 373 g/mol. The lowest BCUT2D eigenvalue weighted by atomic mass is 9.91. The predicted molar refractivity (Wildman–Crippen MR) is 92.5 cm³/mol. The molecule has 0 saturated heterocycles. The largest absolute Gasteiger partial charge is 0.376 e. The molecule has 0 amide bonds. The van der Waals surface area contributed by atoms with Crippen molar-refractivity contribution in [3.8, 4) is 0 Å². The Bertz CT molecular complexity index is 765. The van der Waals surface area contributed by atoms with E-state index in [2.05, 4.69) is 5.10 Å². The molecule has 2 rings (SSSR count). The summed E-state index contributed by atoms with van der Waals surface area (Å²) in [6.07, 6.45) is -1.95. The van der Waals surface area contributed by atoms with Crippen LogP contribution in [0.25, 0.3) is 0 Å². The van der Waals surface area contributed by atoms with Crippen LogP contribution >= 0.6 is 23.2 Å². The Balaban J connectivity index is 2.22. The first-order chi connectivity index (χ1) is 11.7. The van der Waals surface area contributed by atoms with Gasteiger partial charge in [0, 0.05) is 36.8 Å². The van der Waals surface area contributed by atoms with Gasteiger partial charge in [0.15, 0.2) is 5.78 Å². The van der Waals surface area contributed by atoms with Crippen LogP contribution in [0.4, 0.5) is 8.78 Å². The lowest BCUT2D eigenvalue weighted by Gasteiger charge is -2.23. The molecule has 2 aromatic rings. The number of carbonyl (C=O) groups is 1. The van der Waals surface area contributed by atoms with Gasteiger partial charge in [0.2, 0.25) is 0 Å². The van der Waals surface area contributed by atoms with Crippen LogP contribution in [0.2, 0.25) is 10.0 Å². The second-order valence-electron chi connectivity index (χ2n) is 5.83. The van der Waals surface area contributed by atoms with Crippen LogP contribution in [-0.4, -0.2) is 22.7 Å². The Morgan fingerprint density at radius 2 is 2.04 bits per heavy atom. The number of benzene rings is 1. The molecule has 1 heterocycles. The van der Waals surface area contributed by atoms with Gasteiger partial charge in [-0.15, -0.1) is 0 Å². The summed E-state index contributed by atoms with van der Waals surface area (Å²) in [5.74, 6) is -0.704. The van der Waals surface area contributed by atoms with E-state index < -0.39 is 24.0 Å². The quantitative estimate of drug-likeness (QED) is 0.605. The first-order valence-corrected chi connectivity index (χ1v) is 8.32. The van der Waals surface area contributed by atoms with E-state index in [1.165, 1.54) is 25.0 Å². The maximum atomic E-state index is 13.0. The van der Waals surface area contributed by atoms with Crippen LogP contribution in [0.15, 0.2) is 24.4 Å². The van der Waals surface area contributed by atoms with E-state index in [0.717, 1.165) is 0 Å². The van der Waals surface area contributed by atoms with Crippen LogP contribution in [0, 0.1) is 5.92 Å². The van der Waals surface area contributed by atoms with E-state index in [1.807, 2.05) is 0 Å². The van der Waals surface area contributed by atoms with Gasteiger partial charge in [0.25, 0.3) is 6.43 Å². The number of carbonyl (C=O) groups excluding carboxylic acids is 1. The molecule has 0 N–H and O–H groups in total. The summed E-state index contributed by atoms with van der Waals surface area (Å²) in [4.78, 5) is 12.5. The van der Waals surface area contributed by atoms with Crippen LogP contribution in [0.1, 0.15) is 47.5 Å². The Labute approximate surface area is 154 Å². The normalized spacial score (nSPS) is 13.9. The van der Waals surface area contributed by atoms with E-state index in [4.69, 9.17) is 27.9 Å². The zero-order valence-electron chi connectivity index (χ0n) is 14.0. The van der Waals surface area contributed by atoms with Crippen molar-refractivity contribution in [3.05, 3.63) is 51.3 Å². The highest BCUT2D eigenvalue weighted by Crippen LogP contribution is 2.35. The van der Waals surface area contributed by atoms with Gasteiger partial charge in [-0.1, -0.05) is 36.2 Å². The van der Waals surface area contributed by atoms with Crippen molar-refractivity contribution in [3.63, 3.8) is 0 Å². The number of methoxy groups -OCH3 is 1. The average Bonchev–Trinajstić information content (AvgIpc) is 2.92. The number of alkyl halides is 2. The van der Waals surface area contributed by atoms with Crippen molar-refractivity contribution >= 4 is 29.0 Å².